The number of hydrogen-bond acceptors (Lipinski definition) is 12. The van der Waals surface area contributed by atoms with Crippen LogP contribution in [0, 0.1) is 0 Å². The Morgan fingerprint density at radius 1 is 0.750 bits per heavy atom. The molecule has 4 rings (SSSR count). The van der Waals surface area contributed by atoms with Crippen LogP contribution in [-0.2, 0) is 31.8 Å². The Balaban J connectivity index is 1.43. The van der Waals surface area contributed by atoms with Gasteiger partial charge in [0, 0.05) is 12.8 Å². The lowest BCUT2D eigenvalue weighted by Gasteiger charge is -2.41. The van der Waals surface area contributed by atoms with Gasteiger partial charge in [0.2, 0.25) is 0 Å². The fraction of sp³-hybridized carbons (Fsp3) is 0.375. The molecular formula is C32H36O12. The number of hydrogen-bond donors (Lipinski definition) is 7. The molecule has 1 saturated heterocycles. The Morgan fingerprint density at radius 2 is 1.36 bits per heavy atom. The largest absolute Gasteiger partial charge is 0.504 e. The molecule has 7 N–H and O–H groups in total. The Morgan fingerprint density at radius 3 is 1.98 bits per heavy atom. The number of aliphatic hydroxyl groups is 3. The van der Waals surface area contributed by atoms with E-state index in [4.69, 9.17) is 14.2 Å². The van der Waals surface area contributed by atoms with E-state index < -0.39 is 49.4 Å². The Bertz CT molecular complexity index is 1410. The molecule has 0 radical (unpaired) electrons. The summed E-state index contributed by atoms with van der Waals surface area (Å²) in [5.74, 6) is -2.09. The fourth-order valence-corrected chi connectivity index (χ4v) is 4.81. The van der Waals surface area contributed by atoms with Crippen molar-refractivity contribution in [2.75, 3.05) is 6.61 Å². The SMILES string of the molecule is O=C(CCc1ccc(O)c(O)c1)CC(CCc1ccc(O)c(O)c1)O[C@@H]1O[C@H](COC(=O)c2ccccc2)[C@@H](O)[C@H](O)[C@H]1O. The molecule has 3 aromatic carbocycles. The van der Waals surface area contributed by atoms with Crippen molar-refractivity contribution in [2.45, 2.75) is 68.9 Å². The molecule has 1 fully saturated rings. The van der Waals surface area contributed by atoms with Gasteiger partial charge in [-0.3, -0.25) is 4.79 Å². The summed E-state index contributed by atoms with van der Waals surface area (Å²) in [7, 11) is 0. The van der Waals surface area contributed by atoms with E-state index in [1.807, 2.05) is 0 Å². The van der Waals surface area contributed by atoms with Crippen LogP contribution in [0.3, 0.4) is 0 Å². The van der Waals surface area contributed by atoms with Crippen LogP contribution in [0.5, 0.6) is 23.0 Å². The number of phenols is 4. The first-order valence-electron chi connectivity index (χ1n) is 14.1. The van der Waals surface area contributed by atoms with Gasteiger partial charge in [-0.15, -0.1) is 0 Å². The number of Topliss-reactive ketones (excluding diaryl/α,β-unsaturated/α-hetero) is 1. The van der Waals surface area contributed by atoms with E-state index in [9.17, 15) is 45.3 Å². The van der Waals surface area contributed by atoms with Crippen LogP contribution in [-0.4, -0.2) is 90.9 Å². The smallest absolute Gasteiger partial charge is 0.338 e. The lowest BCUT2D eigenvalue weighted by molar-refractivity contribution is -0.311. The number of ketones is 1. The number of rotatable bonds is 13. The topological polar surface area (TPSA) is 203 Å². The average molecular weight is 613 g/mol. The van der Waals surface area contributed by atoms with E-state index in [0.717, 1.165) is 0 Å². The average Bonchev–Trinajstić information content (AvgIpc) is 3.01. The summed E-state index contributed by atoms with van der Waals surface area (Å²) in [4.78, 5) is 25.4. The minimum Gasteiger partial charge on any atom is -0.504 e. The summed E-state index contributed by atoms with van der Waals surface area (Å²) in [6.07, 6.45) is -7.90. The predicted octanol–water partition coefficient (Wildman–Crippen LogP) is 2.08. The summed E-state index contributed by atoms with van der Waals surface area (Å²) in [5, 5.41) is 70.4. The Labute approximate surface area is 253 Å². The molecule has 0 amide bonds. The molecule has 6 atom stereocenters. The number of phenolic OH excluding ortho intramolecular Hbond substituents is 4. The molecule has 44 heavy (non-hydrogen) atoms. The number of carbonyl (C=O) groups is 2. The van der Waals surface area contributed by atoms with E-state index in [1.54, 1.807) is 42.5 Å². The van der Waals surface area contributed by atoms with Gasteiger partial charge >= 0.3 is 5.97 Å². The maximum atomic E-state index is 13.0. The first-order chi connectivity index (χ1) is 21.0. The Kier molecular flexibility index (Phi) is 11.1. The van der Waals surface area contributed by atoms with E-state index in [1.165, 1.54) is 24.3 Å². The van der Waals surface area contributed by atoms with Gasteiger partial charge in [-0.25, -0.2) is 4.79 Å². The van der Waals surface area contributed by atoms with Gasteiger partial charge in [0.25, 0.3) is 0 Å². The highest BCUT2D eigenvalue weighted by Crippen LogP contribution is 2.29. The van der Waals surface area contributed by atoms with Crippen LogP contribution in [0.25, 0.3) is 0 Å². The summed E-state index contributed by atoms with van der Waals surface area (Å²) in [6, 6.07) is 16.7. The van der Waals surface area contributed by atoms with E-state index >= 15 is 0 Å². The molecule has 0 aromatic heterocycles. The summed E-state index contributed by atoms with van der Waals surface area (Å²) in [6.45, 7) is -0.450. The van der Waals surface area contributed by atoms with Crippen molar-refractivity contribution >= 4 is 11.8 Å². The number of aryl methyl sites for hydroxylation is 2. The number of aromatic hydroxyl groups is 4. The van der Waals surface area contributed by atoms with Crippen molar-refractivity contribution in [1.82, 2.24) is 0 Å². The number of aliphatic hydroxyl groups excluding tert-OH is 3. The van der Waals surface area contributed by atoms with Gasteiger partial charge in [-0.1, -0.05) is 30.3 Å². The normalized spacial score (nSPS) is 22.3. The minimum atomic E-state index is -1.71. The second kappa shape index (κ2) is 15.0. The van der Waals surface area contributed by atoms with Crippen molar-refractivity contribution in [1.29, 1.82) is 0 Å². The number of ether oxygens (including phenoxy) is 3. The van der Waals surface area contributed by atoms with Crippen molar-refractivity contribution in [3.63, 3.8) is 0 Å². The van der Waals surface area contributed by atoms with E-state index in [-0.39, 0.29) is 60.0 Å². The molecular weight excluding hydrogens is 576 g/mol. The lowest BCUT2D eigenvalue weighted by Crippen LogP contribution is -2.60. The first kappa shape index (κ1) is 32.7. The van der Waals surface area contributed by atoms with Crippen molar-refractivity contribution in [2.24, 2.45) is 0 Å². The third-order valence-electron chi connectivity index (χ3n) is 7.37. The van der Waals surface area contributed by atoms with E-state index in [0.29, 0.717) is 17.5 Å². The zero-order chi connectivity index (χ0) is 31.8. The summed E-state index contributed by atoms with van der Waals surface area (Å²) >= 11 is 0. The van der Waals surface area contributed by atoms with Crippen LogP contribution >= 0.6 is 0 Å². The number of benzene rings is 3. The maximum absolute atomic E-state index is 13.0. The fourth-order valence-electron chi connectivity index (χ4n) is 4.81. The molecule has 12 nitrogen and oxygen atoms in total. The quantitative estimate of drug-likeness (QED) is 0.110. The van der Waals surface area contributed by atoms with Crippen molar-refractivity contribution in [3.05, 3.63) is 83.4 Å². The molecule has 3 aromatic rings. The highest BCUT2D eigenvalue weighted by Gasteiger charge is 2.45. The molecule has 236 valence electrons. The molecule has 0 saturated carbocycles. The van der Waals surface area contributed by atoms with Crippen molar-refractivity contribution < 1.29 is 59.5 Å². The number of carbonyl (C=O) groups excluding carboxylic acids is 2. The van der Waals surface area contributed by atoms with Gasteiger partial charge in [0.1, 0.15) is 36.8 Å². The van der Waals surface area contributed by atoms with Gasteiger partial charge in [-0.2, -0.15) is 0 Å². The van der Waals surface area contributed by atoms with Crippen LogP contribution in [0.4, 0.5) is 0 Å². The molecule has 1 aliphatic rings. The molecule has 0 bridgehead atoms. The lowest BCUT2D eigenvalue weighted by atomic mass is 9.97. The van der Waals surface area contributed by atoms with Crippen LogP contribution in [0.15, 0.2) is 66.7 Å². The maximum Gasteiger partial charge on any atom is 0.338 e. The summed E-state index contributed by atoms with van der Waals surface area (Å²) < 4.78 is 17.0. The van der Waals surface area contributed by atoms with Crippen LogP contribution in [0.2, 0.25) is 0 Å². The molecule has 0 spiro atoms. The highest BCUT2D eigenvalue weighted by molar-refractivity contribution is 5.89. The summed E-state index contributed by atoms with van der Waals surface area (Å²) in [5.41, 5.74) is 1.53. The van der Waals surface area contributed by atoms with Gasteiger partial charge in [0.15, 0.2) is 29.3 Å². The van der Waals surface area contributed by atoms with Crippen LogP contribution in [0.1, 0.15) is 40.7 Å². The third-order valence-corrected chi connectivity index (χ3v) is 7.37. The third kappa shape index (κ3) is 8.68. The highest BCUT2D eigenvalue weighted by atomic mass is 16.7. The Hall–Kier alpha value is -4.20. The van der Waals surface area contributed by atoms with E-state index in [2.05, 4.69) is 0 Å². The second-order valence-electron chi connectivity index (χ2n) is 10.7. The van der Waals surface area contributed by atoms with Gasteiger partial charge < -0.3 is 50.0 Å². The molecule has 1 heterocycles. The zero-order valence-corrected chi connectivity index (χ0v) is 23.7. The molecule has 0 aliphatic carbocycles. The first-order valence-corrected chi connectivity index (χ1v) is 14.1. The number of esters is 1. The second-order valence-corrected chi connectivity index (χ2v) is 10.7. The van der Waals surface area contributed by atoms with Crippen molar-refractivity contribution in [3.8, 4) is 23.0 Å². The molecule has 1 aliphatic heterocycles. The monoisotopic (exact) mass is 612 g/mol. The standard InChI is InChI=1S/C32H36O12/c33-21(10-6-18-8-12-23(34)25(36)14-18)16-22(11-7-19-9-13-24(35)26(37)15-19)43-32-30(40)29(39)28(38)27(44-32)17-42-31(41)20-4-2-1-3-5-20/h1-5,8-9,12-15,22,27-30,32,34-40H,6-7,10-11,16-17H2/t22?,27-,28-,29+,30-,32-/m1/s1. The molecule has 1 unspecified atom stereocenters. The minimum absolute atomic E-state index is 0.0670. The van der Waals surface area contributed by atoms with Crippen LogP contribution < -0.4 is 0 Å². The predicted molar refractivity (Wildman–Crippen MR) is 154 cm³/mol. The van der Waals surface area contributed by atoms with Gasteiger partial charge in [0.05, 0.1) is 11.7 Å². The van der Waals surface area contributed by atoms with Gasteiger partial charge in [-0.05, 0) is 66.8 Å². The zero-order valence-electron chi connectivity index (χ0n) is 23.7. The molecule has 12 heteroatoms.